The zero-order valence-corrected chi connectivity index (χ0v) is 62.4. The lowest BCUT2D eigenvalue weighted by molar-refractivity contribution is 0.233. The molecule has 10 aromatic rings. The Morgan fingerprint density at radius 2 is 0.480 bits per heavy atom. The molecule has 1 heterocycles. The molecular weight excluding hydrogens is 1340 g/mol. The molecule has 4 atom stereocenters. The first-order valence-corrected chi connectivity index (χ1v) is 38.2. The van der Waals surface area contributed by atoms with Gasteiger partial charge < -0.3 is 28.7 Å². The minimum Gasteiger partial charge on any atom is -0.493 e. The third-order valence-corrected chi connectivity index (χ3v) is 20.7. The maximum atomic E-state index is 6.39. The first kappa shape index (κ1) is 72.8. The van der Waals surface area contributed by atoms with E-state index in [1.807, 2.05) is 12.1 Å². The molecular formula is C88H102Br2N4O4. The van der Waals surface area contributed by atoms with Crippen LogP contribution in [-0.2, 0) is 0 Å². The molecule has 1 aromatic heterocycles. The van der Waals surface area contributed by atoms with Crippen LogP contribution >= 0.6 is 31.9 Å². The molecule has 8 nitrogen and oxygen atoms in total. The van der Waals surface area contributed by atoms with Crippen molar-refractivity contribution in [2.24, 2.45) is 23.7 Å². The molecule has 10 rings (SSSR count). The van der Waals surface area contributed by atoms with Crippen molar-refractivity contribution in [2.45, 2.75) is 158 Å². The summed E-state index contributed by atoms with van der Waals surface area (Å²) in [6.07, 6.45) is 19.0. The number of nitrogens with zero attached hydrogens (tertiary/aromatic N) is 4. The fraction of sp³-hybridized carbons (Fsp3) is 0.364. The largest absolute Gasteiger partial charge is 0.493 e. The molecule has 0 saturated heterocycles. The Morgan fingerprint density at radius 3 is 0.694 bits per heavy atom. The second-order valence-electron chi connectivity index (χ2n) is 26.5. The van der Waals surface area contributed by atoms with Crippen LogP contribution in [-0.4, -0.2) is 36.4 Å². The maximum Gasteiger partial charge on any atom is 0.119 e. The topological polar surface area (TPSA) is 69.2 Å². The van der Waals surface area contributed by atoms with Crippen molar-refractivity contribution < 1.29 is 18.9 Å². The van der Waals surface area contributed by atoms with Gasteiger partial charge in [0.05, 0.1) is 37.8 Å². The Morgan fingerprint density at radius 1 is 0.276 bits per heavy atom. The van der Waals surface area contributed by atoms with Crippen molar-refractivity contribution in [3.05, 3.63) is 215 Å². The molecule has 98 heavy (non-hydrogen) atoms. The Kier molecular flexibility index (Phi) is 27.7. The summed E-state index contributed by atoms with van der Waals surface area (Å²) in [5.74, 6) is 5.81. The molecule has 0 aliphatic heterocycles. The van der Waals surface area contributed by atoms with E-state index in [1.165, 1.54) is 77.0 Å². The van der Waals surface area contributed by atoms with Crippen molar-refractivity contribution in [1.82, 2.24) is 9.97 Å². The lowest BCUT2D eigenvalue weighted by atomic mass is 9.98. The predicted molar refractivity (Wildman–Crippen MR) is 421 cm³/mol. The Bertz CT molecular complexity index is 3610. The average molecular weight is 1440 g/mol. The van der Waals surface area contributed by atoms with E-state index in [0.29, 0.717) is 23.7 Å². The summed E-state index contributed by atoms with van der Waals surface area (Å²) in [6, 6.07) is 73.5. The number of anilines is 6. The molecule has 0 aliphatic carbocycles. The van der Waals surface area contributed by atoms with Crippen LogP contribution in [0.5, 0.6) is 23.0 Å². The zero-order valence-electron chi connectivity index (χ0n) is 59.3. The third kappa shape index (κ3) is 19.5. The van der Waals surface area contributed by atoms with E-state index in [4.69, 9.17) is 28.9 Å². The molecule has 0 radical (unpaired) electrons. The van der Waals surface area contributed by atoms with E-state index in [1.54, 1.807) is 0 Å². The van der Waals surface area contributed by atoms with Gasteiger partial charge in [-0.1, -0.05) is 205 Å². The van der Waals surface area contributed by atoms with Crippen LogP contribution in [0.15, 0.2) is 215 Å². The van der Waals surface area contributed by atoms with Gasteiger partial charge in [-0.25, -0.2) is 9.97 Å². The van der Waals surface area contributed by atoms with E-state index in [2.05, 4.69) is 291 Å². The lowest BCUT2D eigenvalue weighted by Gasteiger charge is -2.26. The quantitative estimate of drug-likeness (QED) is 0.0379. The van der Waals surface area contributed by atoms with Gasteiger partial charge in [-0.15, -0.1) is 0 Å². The second-order valence-corrected chi connectivity index (χ2v) is 28.2. The van der Waals surface area contributed by atoms with E-state index >= 15 is 0 Å². The normalized spacial score (nSPS) is 12.6. The lowest BCUT2D eigenvalue weighted by Crippen LogP contribution is -2.12. The first-order chi connectivity index (χ1) is 48.0. The number of unbranched alkanes of at least 4 members (excludes halogenated alkanes) is 4. The molecule has 0 spiro atoms. The molecule has 0 N–H and O–H groups in total. The SMILES string of the molecule is CCCCC(CC)COc1ccc(N(c2ccc(OCC(CC)CCCC)cc2)c2ccc(-c3ccc(-c4nc5c(Br)ccc(Br)c5nc4-c4ccc(-c5ccc(N(c6ccc(OCC(CC)CCCC)cc6)c6ccc(OCC(CC)CCCC)cc6)cc5)cc4)cc3)cc2)cc1. The van der Waals surface area contributed by atoms with E-state index in [0.717, 1.165) is 174 Å². The molecule has 0 amide bonds. The van der Waals surface area contributed by atoms with Crippen molar-refractivity contribution >= 4 is 77.0 Å². The number of halogens is 2. The average Bonchev–Trinajstić information content (AvgIpc) is 0.769. The molecule has 0 aliphatic rings. The van der Waals surface area contributed by atoms with Gasteiger partial charge in [-0.3, -0.25) is 0 Å². The molecule has 0 bridgehead atoms. The van der Waals surface area contributed by atoms with Gasteiger partial charge in [0.25, 0.3) is 0 Å². The van der Waals surface area contributed by atoms with E-state index in [-0.39, 0.29) is 0 Å². The summed E-state index contributed by atoms with van der Waals surface area (Å²) < 4.78 is 27.3. The summed E-state index contributed by atoms with van der Waals surface area (Å²) in [5.41, 5.74) is 15.8. The van der Waals surface area contributed by atoms with Crippen molar-refractivity contribution in [3.63, 3.8) is 0 Å². The smallest absolute Gasteiger partial charge is 0.119 e. The van der Waals surface area contributed by atoms with E-state index < -0.39 is 0 Å². The van der Waals surface area contributed by atoms with Gasteiger partial charge in [0, 0.05) is 54.2 Å². The standard InChI is InChI=1S/C88H102Br2N4O4/c1-9-17-21-63(13-5)59-95-79-49-41-75(42-50-79)93(76-43-51-80(52-44-76)96-60-64(14-6)22-18-10-2)73-37-33-69(34-38-73)67-25-29-71(30-26-67)85-86(92-88-84(90)58-57-83(89)87(88)91-85)72-31-27-68(28-32-72)70-35-39-74(40-36-70)94(77-45-53-81(54-46-77)97-61-65(15-7)23-19-11-3)78-47-55-82(56-48-78)98-62-66(16-8)24-20-12-4/h25-58,63-66H,9-24,59-62H2,1-8H3. The van der Waals surface area contributed by atoms with Crippen LogP contribution in [0.1, 0.15) is 158 Å². The summed E-state index contributed by atoms with van der Waals surface area (Å²) >= 11 is 7.64. The van der Waals surface area contributed by atoms with Crippen LogP contribution in [0.4, 0.5) is 34.1 Å². The van der Waals surface area contributed by atoms with Crippen LogP contribution in [0, 0.1) is 23.7 Å². The number of hydrogen-bond donors (Lipinski definition) is 0. The van der Waals surface area contributed by atoms with Gasteiger partial charge in [-0.2, -0.15) is 0 Å². The van der Waals surface area contributed by atoms with Crippen LogP contribution < -0.4 is 28.7 Å². The fourth-order valence-corrected chi connectivity index (χ4v) is 13.6. The molecule has 4 unspecified atom stereocenters. The van der Waals surface area contributed by atoms with Gasteiger partial charge in [0.15, 0.2) is 0 Å². The van der Waals surface area contributed by atoms with Gasteiger partial charge >= 0.3 is 0 Å². The summed E-state index contributed by atoms with van der Waals surface area (Å²) in [7, 11) is 0. The first-order valence-electron chi connectivity index (χ1n) is 36.6. The summed E-state index contributed by atoms with van der Waals surface area (Å²) in [6.45, 7) is 21.0. The highest BCUT2D eigenvalue weighted by atomic mass is 79.9. The van der Waals surface area contributed by atoms with Gasteiger partial charge in [0.2, 0.25) is 0 Å². The molecule has 0 fully saturated rings. The Hall–Kier alpha value is -7.92. The minimum atomic E-state index is 0.558. The minimum absolute atomic E-state index is 0.558. The number of aromatic nitrogens is 2. The second kappa shape index (κ2) is 37.3. The Balaban J connectivity index is 0.898. The number of ether oxygens (including phenoxy) is 4. The van der Waals surface area contributed by atoms with Crippen molar-refractivity contribution in [1.29, 1.82) is 0 Å². The predicted octanol–water partition coefficient (Wildman–Crippen LogP) is 27.1. The molecule has 0 saturated carbocycles. The highest BCUT2D eigenvalue weighted by Gasteiger charge is 2.21. The molecule has 512 valence electrons. The van der Waals surface area contributed by atoms with Crippen molar-refractivity contribution in [2.75, 3.05) is 36.2 Å². The summed E-state index contributed by atoms with van der Waals surface area (Å²) in [4.78, 5) is 15.4. The number of benzene rings is 9. The highest BCUT2D eigenvalue weighted by molar-refractivity contribution is 9.11. The van der Waals surface area contributed by atoms with Crippen LogP contribution in [0.25, 0.3) is 55.8 Å². The number of fused-ring (bicyclic) bond motifs is 1. The van der Waals surface area contributed by atoms with Gasteiger partial charge in [0.1, 0.15) is 34.0 Å². The monoisotopic (exact) mass is 1440 g/mol. The highest BCUT2D eigenvalue weighted by Crippen LogP contribution is 2.42. The zero-order chi connectivity index (χ0) is 68.6. The van der Waals surface area contributed by atoms with E-state index in [9.17, 15) is 0 Å². The number of rotatable bonds is 38. The maximum absolute atomic E-state index is 6.39. The van der Waals surface area contributed by atoms with Crippen molar-refractivity contribution in [3.8, 4) is 67.8 Å². The fourth-order valence-electron chi connectivity index (χ4n) is 12.8. The van der Waals surface area contributed by atoms with Crippen LogP contribution in [0.3, 0.4) is 0 Å². The Labute approximate surface area is 602 Å². The number of hydrogen-bond acceptors (Lipinski definition) is 8. The third-order valence-electron chi connectivity index (χ3n) is 19.5. The van der Waals surface area contributed by atoms with Gasteiger partial charge in [-0.05, 0) is 237 Å². The van der Waals surface area contributed by atoms with Crippen LogP contribution in [0.2, 0.25) is 0 Å². The molecule has 10 heteroatoms. The molecule has 9 aromatic carbocycles. The summed E-state index contributed by atoms with van der Waals surface area (Å²) in [5, 5.41) is 0.